The van der Waals surface area contributed by atoms with Gasteiger partial charge in [-0.25, -0.2) is 0 Å². The zero-order chi connectivity index (χ0) is 24.4. The van der Waals surface area contributed by atoms with Crippen LogP contribution in [0.3, 0.4) is 0 Å². The topological polar surface area (TPSA) is 0 Å². The summed E-state index contributed by atoms with van der Waals surface area (Å²) in [6, 6.07) is 33.3. The molecule has 1 heteroatoms. The first kappa shape index (κ1) is 27.0. The van der Waals surface area contributed by atoms with Crippen LogP contribution < -0.4 is 0 Å². The molecule has 0 aliphatic carbocycles. The third-order valence-corrected chi connectivity index (χ3v) is 6.98. The molecule has 0 fully saturated rings. The summed E-state index contributed by atoms with van der Waals surface area (Å²) in [5.41, 5.74) is 4.30. The van der Waals surface area contributed by atoms with E-state index in [0.717, 1.165) is 24.1 Å². The summed E-state index contributed by atoms with van der Waals surface area (Å²) in [4.78, 5) is 0. The number of hydrogen-bond acceptors (Lipinski definition) is 0. The maximum absolute atomic E-state index is 2.43. The van der Waals surface area contributed by atoms with Crippen molar-refractivity contribution in [3.05, 3.63) is 120 Å². The lowest BCUT2D eigenvalue weighted by atomic mass is 10.1. The Bertz CT molecular complexity index is 829. The fourth-order valence-electron chi connectivity index (χ4n) is 5.13. The van der Waals surface area contributed by atoms with E-state index in [1.165, 1.54) is 81.0 Å². The first-order valence-corrected chi connectivity index (χ1v) is 13.9. The zero-order valence-electron chi connectivity index (χ0n) is 22.0. The molecule has 0 N–H and O–H groups in total. The van der Waals surface area contributed by atoms with Gasteiger partial charge < -0.3 is 4.48 Å². The highest BCUT2D eigenvalue weighted by molar-refractivity contribution is 5.17. The molecule has 0 saturated carbocycles. The van der Waals surface area contributed by atoms with Gasteiger partial charge in [0.15, 0.2) is 0 Å². The van der Waals surface area contributed by atoms with Gasteiger partial charge in [-0.15, -0.1) is 0 Å². The summed E-state index contributed by atoms with van der Waals surface area (Å²) in [5, 5.41) is 0. The average Bonchev–Trinajstić information content (AvgIpc) is 2.89. The van der Waals surface area contributed by atoms with E-state index in [1.54, 1.807) is 0 Å². The van der Waals surface area contributed by atoms with Crippen molar-refractivity contribution in [2.75, 3.05) is 6.54 Å². The van der Waals surface area contributed by atoms with Gasteiger partial charge in [-0.2, -0.15) is 0 Å². The molecule has 0 atom stereocenters. The van der Waals surface area contributed by atoms with E-state index in [-0.39, 0.29) is 0 Å². The molecule has 35 heavy (non-hydrogen) atoms. The van der Waals surface area contributed by atoms with Gasteiger partial charge in [0, 0.05) is 16.7 Å². The number of unbranched alkanes of at least 4 members (excludes halogenated alkanes) is 7. The van der Waals surface area contributed by atoms with Gasteiger partial charge in [0.1, 0.15) is 19.6 Å². The highest BCUT2D eigenvalue weighted by Crippen LogP contribution is 2.25. The largest absolute Gasteiger partial charge is 0.312 e. The Morgan fingerprint density at radius 1 is 0.486 bits per heavy atom. The number of benzene rings is 3. The highest BCUT2D eigenvalue weighted by Gasteiger charge is 2.28. The van der Waals surface area contributed by atoms with Gasteiger partial charge in [-0.3, -0.25) is 0 Å². The van der Waals surface area contributed by atoms with Gasteiger partial charge in [-0.05, 0) is 32.1 Å². The van der Waals surface area contributed by atoms with Crippen molar-refractivity contribution in [1.29, 1.82) is 0 Å². The van der Waals surface area contributed by atoms with Gasteiger partial charge in [0.25, 0.3) is 0 Å². The minimum Gasteiger partial charge on any atom is -0.312 e. The van der Waals surface area contributed by atoms with Crippen molar-refractivity contribution in [1.82, 2.24) is 0 Å². The van der Waals surface area contributed by atoms with Crippen LogP contribution in [0.5, 0.6) is 0 Å². The van der Waals surface area contributed by atoms with Crippen LogP contribution in [0.2, 0.25) is 0 Å². The number of rotatable bonds is 17. The first-order chi connectivity index (χ1) is 17.3. The number of nitrogens with zero attached hydrogens (tertiary/aromatic N) is 1. The molecule has 0 unspecified atom stereocenters. The molecule has 0 aliphatic rings. The van der Waals surface area contributed by atoms with E-state index in [9.17, 15) is 0 Å². The van der Waals surface area contributed by atoms with Crippen LogP contribution in [-0.2, 0) is 19.6 Å². The molecule has 0 saturated heterocycles. The third-order valence-electron chi connectivity index (χ3n) is 6.98. The molecule has 0 aromatic heterocycles. The van der Waals surface area contributed by atoms with Crippen molar-refractivity contribution in [3.63, 3.8) is 0 Å². The molecule has 0 amide bonds. The second-order valence-corrected chi connectivity index (χ2v) is 10.2. The van der Waals surface area contributed by atoms with Gasteiger partial charge >= 0.3 is 0 Å². The Labute approximate surface area is 215 Å². The fraction of sp³-hybridized carbons (Fsp3) is 0.412. The van der Waals surface area contributed by atoms with Crippen molar-refractivity contribution < 1.29 is 4.48 Å². The van der Waals surface area contributed by atoms with Gasteiger partial charge in [0.05, 0.1) is 6.54 Å². The summed E-state index contributed by atoms with van der Waals surface area (Å²) in [7, 11) is 0. The van der Waals surface area contributed by atoms with Crippen molar-refractivity contribution in [2.45, 2.75) is 84.3 Å². The number of allylic oxidation sites excluding steroid dienone is 2. The van der Waals surface area contributed by atoms with E-state index in [0.29, 0.717) is 0 Å². The average molecular weight is 469 g/mol. The maximum Gasteiger partial charge on any atom is 0.105 e. The van der Waals surface area contributed by atoms with Crippen LogP contribution in [0.1, 0.15) is 81.4 Å². The van der Waals surface area contributed by atoms with Gasteiger partial charge in [-0.1, -0.05) is 136 Å². The molecular weight excluding hydrogens is 422 g/mol. The summed E-state index contributed by atoms with van der Waals surface area (Å²) < 4.78 is 1.07. The van der Waals surface area contributed by atoms with Crippen molar-refractivity contribution in [2.24, 2.45) is 0 Å². The predicted octanol–water partition coefficient (Wildman–Crippen LogP) is 9.49. The molecular formula is C34H46N+. The van der Waals surface area contributed by atoms with E-state index in [2.05, 4.69) is 110 Å². The van der Waals surface area contributed by atoms with Crippen LogP contribution in [0.15, 0.2) is 103 Å². The van der Waals surface area contributed by atoms with Gasteiger partial charge in [0.2, 0.25) is 0 Å². The third kappa shape index (κ3) is 10.7. The lowest BCUT2D eigenvalue weighted by molar-refractivity contribution is -0.966. The van der Waals surface area contributed by atoms with Crippen LogP contribution in [0, 0.1) is 0 Å². The molecule has 0 spiro atoms. The number of quaternary nitrogens is 1. The normalized spacial score (nSPS) is 11.8. The Hall–Kier alpha value is -2.64. The summed E-state index contributed by atoms with van der Waals surface area (Å²) in [6.45, 7) is 6.69. The van der Waals surface area contributed by atoms with Crippen LogP contribution in [0.25, 0.3) is 0 Å². The molecule has 3 aromatic rings. The first-order valence-electron chi connectivity index (χ1n) is 13.9. The minimum atomic E-state index is 1.07. The maximum atomic E-state index is 2.43. The highest BCUT2D eigenvalue weighted by atomic mass is 15.3. The SMILES string of the molecule is CCCCCCC/C=C/CCCC[N+](Cc1ccccc1)(Cc1ccccc1)Cc1ccccc1. The Morgan fingerprint density at radius 3 is 1.31 bits per heavy atom. The van der Waals surface area contributed by atoms with Crippen LogP contribution in [0.4, 0.5) is 0 Å². The standard InChI is InChI=1S/C34H46N/c1-2-3-4-5-6-7-8-9-10-11-21-28-35(29-32-22-15-12-16-23-32,30-33-24-17-13-18-25-33)31-34-26-19-14-20-27-34/h8-9,12-20,22-27H,2-7,10-11,21,28-31H2,1H3/q+1/b9-8+. The molecule has 3 rings (SSSR count). The molecule has 0 bridgehead atoms. The van der Waals surface area contributed by atoms with E-state index in [1.807, 2.05) is 0 Å². The molecule has 3 aromatic carbocycles. The second kappa shape index (κ2) is 16.1. The lowest BCUT2D eigenvalue weighted by Crippen LogP contribution is -2.46. The lowest BCUT2D eigenvalue weighted by Gasteiger charge is -2.39. The quantitative estimate of drug-likeness (QED) is 0.105. The summed E-state index contributed by atoms with van der Waals surface area (Å²) >= 11 is 0. The van der Waals surface area contributed by atoms with Crippen molar-refractivity contribution in [3.8, 4) is 0 Å². The molecule has 0 radical (unpaired) electrons. The van der Waals surface area contributed by atoms with Crippen LogP contribution in [-0.4, -0.2) is 11.0 Å². The monoisotopic (exact) mass is 468 g/mol. The Kier molecular flexibility index (Phi) is 12.4. The molecule has 0 heterocycles. The van der Waals surface area contributed by atoms with Crippen LogP contribution >= 0.6 is 0 Å². The zero-order valence-corrected chi connectivity index (χ0v) is 22.0. The Morgan fingerprint density at radius 2 is 0.886 bits per heavy atom. The molecule has 1 nitrogen and oxygen atoms in total. The second-order valence-electron chi connectivity index (χ2n) is 10.2. The Balaban J connectivity index is 1.64. The summed E-state index contributed by atoms with van der Waals surface area (Å²) in [5.74, 6) is 0. The van der Waals surface area contributed by atoms with E-state index in [4.69, 9.17) is 0 Å². The summed E-state index contributed by atoms with van der Waals surface area (Å²) in [6.07, 6.45) is 16.7. The van der Waals surface area contributed by atoms with Crippen molar-refractivity contribution >= 4 is 0 Å². The minimum absolute atomic E-state index is 1.07. The van der Waals surface area contributed by atoms with E-state index < -0.39 is 0 Å². The fourth-order valence-corrected chi connectivity index (χ4v) is 5.13. The number of hydrogen-bond donors (Lipinski definition) is 0. The molecule has 0 aliphatic heterocycles. The predicted molar refractivity (Wildman–Crippen MR) is 152 cm³/mol. The van der Waals surface area contributed by atoms with E-state index >= 15 is 0 Å². The smallest absolute Gasteiger partial charge is 0.105 e. The molecule has 186 valence electrons.